The number of hydrogen-bond acceptors (Lipinski definition) is 4. The van der Waals surface area contributed by atoms with Crippen molar-refractivity contribution in [1.82, 2.24) is 9.88 Å². The van der Waals surface area contributed by atoms with E-state index in [4.69, 9.17) is 16.3 Å². The van der Waals surface area contributed by atoms with E-state index in [2.05, 4.69) is 4.98 Å². The number of piperidine rings is 1. The van der Waals surface area contributed by atoms with E-state index in [0.717, 1.165) is 32.1 Å². The highest BCUT2D eigenvalue weighted by molar-refractivity contribution is 6.29. The third kappa shape index (κ3) is 3.36. The first-order valence-electron chi connectivity index (χ1n) is 7.90. The predicted octanol–water partition coefficient (Wildman–Crippen LogP) is 2.51. The largest absolute Gasteiger partial charge is 0.474 e. The van der Waals surface area contributed by atoms with Crippen molar-refractivity contribution in [3.63, 3.8) is 0 Å². The number of nitrogens with zero attached hydrogens (tertiary/aromatic N) is 2. The molecule has 1 N–H and O–H groups in total. The van der Waals surface area contributed by atoms with Crippen LogP contribution in [0.3, 0.4) is 0 Å². The van der Waals surface area contributed by atoms with E-state index in [1.165, 1.54) is 0 Å². The van der Waals surface area contributed by atoms with Crippen LogP contribution in [-0.4, -0.2) is 46.7 Å². The Hall–Kier alpha value is -1.33. The van der Waals surface area contributed by atoms with Crippen LogP contribution in [0.15, 0.2) is 12.1 Å². The lowest BCUT2D eigenvalue weighted by Crippen LogP contribution is -2.41. The lowest BCUT2D eigenvalue weighted by atomic mass is 9.96. The Morgan fingerprint density at radius 3 is 2.86 bits per heavy atom. The van der Waals surface area contributed by atoms with Crippen LogP contribution in [0.2, 0.25) is 5.15 Å². The minimum atomic E-state index is -0.0864. The van der Waals surface area contributed by atoms with Gasteiger partial charge in [-0.3, -0.25) is 4.79 Å². The number of carbonyl (C=O) groups is 1. The smallest absolute Gasteiger partial charge is 0.259 e. The second-order valence-corrected chi connectivity index (χ2v) is 6.49. The number of aliphatic hydroxyl groups excluding tert-OH is 1. The number of ether oxygens (including phenoxy) is 1. The molecule has 1 aromatic heterocycles. The molecule has 5 nitrogen and oxygen atoms in total. The molecule has 22 heavy (non-hydrogen) atoms. The molecule has 0 radical (unpaired) electrons. The summed E-state index contributed by atoms with van der Waals surface area (Å²) in [5.41, 5.74) is 0.467. The summed E-state index contributed by atoms with van der Waals surface area (Å²) in [7, 11) is 0. The molecule has 2 heterocycles. The summed E-state index contributed by atoms with van der Waals surface area (Å²) >= 11 is 5.95. The summed E-state index contributed by atoms with van der Waals surface area (Å²) in [5, 5.41) is 9.65. The lowest BCUT2D eigenvalue weighted by Gasteiger charge is -2.32. The highest BCUT2D eigenvalue weighted by Gasteiger charge is 2.28. The second-order valence-electron chi connectivity index (χ2n) is 6.10. The highest BCUT2D eigenvalue weighted by atomic mass is 35.5. The maximum absolute atomic E-state index is 12.8. The summed E-state index contributed by atoms with van der Waals surface area (Å²) in [6.07, 6.45) is 5.17. The molecular weight excluding hydrogens is 304 g/mol. The number of amides is 1. The fraction of sp³-hybridized carbons (Fsp3) is 0.625. The first kappa shape index (κ1) is 15.6. The fourth-order valence-electron chi connectivity index (χ4n) is 2.89. The van der Waals surface area contributed by atoms with Crippen LogP contribution in [0.5, 0.6) is 5.88 Å². The van der Waals surface area contributed by atoms with Crippen molar-refractivity contribution < 1.29 is 14.6 Å². The quantitative estimate of drug-likeness (QED) is 0.864. The summed E-state index contributed by atoms with van der Waals surface area (Å²) in [5.74, 6) is 0.416. The number of hydrogen-bond donors (Lipinski definition) is 1. The number of halogens is 1. The van der Waals surface area contributed by atoms with Gasteiger partial charge in [0.1, 0.15) is 16.8 Å². The van der Waals surface area contributed by atoms with Gasteiger partial charge in [0.15, 0.2) is 0 Å². The van der Waals surface area contributed by atoms with Gasteiger partial charge in [0.25, 0.3) is 5.91 Å². The van der Waals surface area contributed by atoms with Crippen LogP contribution in [0.25, 0.3) is 0 Å². The van der Waals surface area contributed by atoms with Crippen molar-refractivity contribution in [3.8, 4) is 5.88 Å². The molecular formula is C16H21ClN2O3. The summed E-state index contributed by atoms with van der Waals surface area (Å²) in [4.78, 5) is 18.7. The topological polar surface area (TPSA) is 62.7 Å². The molecule has 2 fully saturated rings. The van der Waals surface area contributed by atoms with Gasteiger partial charge in [0.2, 0.25) is 5.88 Å². The lowest BCUT2D eigenvalue weighted by molar-refractivity contribution is 0.0604. The van der Waals surface area contributed by atoms with Gasteiger partial charge in [-0.15, -0.1) is 0 Å². The van der Waals surface area contributed by atoms with Crippen LogP contribution >= 0.6 is 11.6 Å². The molecule has 0 aromatic carbocycles. The normalized spacial score (nSPS) is 22.3. The molecule has 6 heteroatoms. The SMILES string of the molecule is O=C(c1ccc(Cl)nc1OC1CCC1)N1CCCC(CO)C1. The van der Waals surface area contributed by atoms with E-state index in [-0.39, 0.29) is 24.5 Å². The minimum absolute atomic E-state index is 0.0864. The number of likely N-dealkylation sites (tertiary alicyclic amines) is 1. The Bertz CT molecular complexity index is 548. The third-order valence-corrected chi connectivity index (χ3v) is 4.66. The van der Waals surface area contributed by atoms with Gasteiger partial charge < -0.3 is 14.7 Å². The number of rotatable bonds is 4. The Morgan fingerprint density at radius 1 is 1.36 bits per heavy atom. The van der Waals surface area contributed by atoms with Crippen molar-refractivity contribution in [2.45, 2.75) is 38.2 Å². The zero-order chi connectivity index (χ0) is 15.5. The second kappa shape index (κ2) is 6.84. The molecule has 1 aliphatic carbocycles. The molecule has 1 unspecified atom stereocenters. The monoisotopic (exact) mass is 324 g/mol. The van der Waals surface area contributed by atoms with E-state index < -0.39 is 0 Å². The van der Waals surface area contributed by atoms with Crippen LogP contribution in [0, 0.1) is 5.92 Å². The average Bonchev–Trinajstić information content (AvgIpc) is 2.50. The van der Waals surface area contributed by atoms with E-state index in [1.54, 1.807) is 17.0 Å². The van der Waals surface area contributed by atoms with E-state index in [0.29, 0.717) is 29.7 Å². The number of aliphatic hydroxyl groups is 1. The molecule has 2 aliphatic rings. The van der Waals surface area contributed by atoms with Gasteiger partial charge in [0, 0.05) is 19.7 Å². The Morgan fingerprint density at radius 2 is 2.18 bits per heavy atom. The van der Waals surface area contributed by atoms with E-state index in [1.807, 2.05) is 0 Å². The van der Waals surface area contributed by atoms with Gasteiger partial charge in [-0.05, 0) is 50.2 Å². The van der Waals surface area contributed by atoms with Crippen molar-refractivity contribution in [1.29, 1.82) is 0 Å². The first-order valence-corrected chi connectivity index (χ1v) is 8.28. The summed E-state index contributed by atoms with van der Waals surface area (Å²) in [6.45, 7) is 1.41. The van der Waals surface area contributed by atoms with Gasteiger partial charge in [-0.1, -0.05) is 11.6 Å². The maximum atomic E-state index is 12.8. The first-order chi connectivity index (χ1) is 10.7. The molecule has 0 bridgehead atoms. The fourth-order valence-corrected chi connectivity index (χ4v) is 3.03. The average molecular weight is 325 g/mol. The highest BCUT2D eigenvalue weighted by Crippen LogP contribution is 2.29. The Kier molecular flexibility index (Phi) is 4.84. The molecule has 0 spiro atoms. The summed E-state index contributed by atoms with van der Waals surface area (Å²) in [6, 6.07) is 3.31. The molecule has 1 atom stereocenters. The molecule has 120 valence electrons. The molecule has 1 aliphatic heterocycles. The van der Waals surface area contributed by atoms with Crippen molar-refractivity contribution >= 4 is 17.5 Å². The van der Waals surface area contributed by atoms with Crippen LogP contribution < -0.4 is 4.74 Å². The van der Waals surface area contributed by atoms with Gasteiger partial charge in [-0.2, -0.15) is 0 Å². The molecule has 1 amide bonds. The molecule has 1 aromatic rings. The number of aromatic nitrogens is 1. The van der Waals surface area contributed by atoms with Crippen LogP contribution in [0.4, 0.5) is 0 Å². The molecule has 3 rings (SSSR count). The molecule has 1 saturated heterocycles. The predicted molar refractivity (Wildman–Crippen MR) is 83.2 cm³/mol. The third-order valence-electron chi connectivity index (χ3n) is 4.45. The zero-order valence-corrected chi connectivity index (χ0v) is 13.3. The minimum Gasteiger partial charge on any atom is -0.474 e. The van der Waals surface area contributed by atoms with Crippen molar-refractivity contribution in [3.05, 3.63) is 22.8 Å². The molecule has 1 saturated carbocycles. The van der Waals surface area contributed by atoms with Crippen LogP contribution in [0.1, 0.15) is 42.5 Å². The van der Waals surface area contributed by atoms with Gasteiger partial charge >= 0.3 is 0 Å². The number of pyridine rings is 1. The van der Waals surface area contributed by atoms with Crippen LogP contribution in [-0.2, 0) is 0 Å². The maximum Gasteiger partial charge on any atom is 0.259 e. The van der Waals surface area contributed by atoms with E-state index >= 15 is 0 Å². The van der Waals surface area contributed by atoms with Crippen molar-refractivity contribution in [2.24, 2.45) is 5.92 Å². The Labute approximate surface area is 135 Å². The van der Waals surface area contributed by atoms with Crippen molar-refractivity contribution in [2.75, 3.05) is 19.7 Å². The summed E-state index contributed by atoms with van der Waals surface area (Å²) < 4.78 is 5.83. The van der Waals surface area contributed by atoms with E-state index in [9.17, 15) is 9.90 Å². The number of carbonyl (C=O) groups excluding carboxylic acids is 1. The van der Waals surface area contributed by atoms with Gasteiger partial charge in [0.05, 0.1) is 0 Å². The standard InChI is InChI=1S/C16H21ClN2O3/c17-14-7-6-13(15(18-14)22-12-4-1-5-12)16(21)19-8-2-3-11(9-19)10-20/h6-7,11-12,20H,1-5,8-10H2. The Balaban J connectivity index is 1.78. The van der Waals surface area contributed by atoms with Gasteiger partial charge in [-0.25, -0.2) is 4.98 Å². The zero-order valence-electron chi connectivity index (χ0n) is 12.5.